The van der Waals surface area contributed by atoms with Crippen LogP contribution in [0.4, 0.5) is 0 Å². The molecule has 0 aliphatic carbocycles. The van der Waals surface area contributed by atoms with Crippen LogP contribution in [0.2, 0.25) is 0 Å². The van der Waals surface area contributed by atoms with E-state index in [4.69, 9.17) is 0 Å². The Balaban J connectivity index is 0. The summed E-state index contributed by atoms with van der Waals surface area (Å²) in [4.78, 5) is 0. The average molecular weight is 426 g/mol. The molecule has 0 heterocycles. The van der Waals surface area contributed by atoms with E-state index in [1.54, 1.807) is 0 Å². The van der Waals surface area contributed by atoms with Crippen molar-refractivity contribution in [2.45, 2.75) is 0 Å². The van der Waals surface area contributed by atoms with E-state index in [1.807, 2.05) is 0 Å². The minimum Gasteiger partial charge on any atom is 0 e. The van der Waals surface area contributed by atoms with E-state index in [-0.39, 0.29) is 60.5 Å². The molecule has 0 nitrogen and oxygen atoms in total. The summed E-state index contributed by atoms with van der Waals surface area (Å²) in [7, 11) is 0. The maximum Gasteiger partial charge on any atom is 0 e. The molecular formula is BIrPtSi. The van der Waals surface area contributed by atoms with Gasteiger partial charge in [-0.3, -0.25) is 0 Å². The summed E-state index contributed by atoms with van der Waals surface area (Å²) in [5, 5.41) is 0. The van der Waals surface area contributed by atoms with Crippen LogP contribution in [-0.4, -0.2) is 19.4 Å². The van der Waals surface area contributed by atoms with Crippen molar-refractivity contribution in [3.63, 3.8) is 0 Å². The molecule has 0 amide bonds. The Labute approximate surface area is 60.3 Å². The van der Waals surface area contributed by atoms with Gasteiger partial charge in [-0.15, -0.1) is 0 Å². The molecule has 0 saturated heterocycles. The van der Waals surface area contributed by atoms with Crippen LogP contribution in [0.15, 0.2) is 0 Å². The Morgan fingerprint density at radius 1 is 1.00 bits per heavy atom. The predicted molar refractivity (Wildman–Crippen MR) is 11.5 cm³/mol. The van der Waals surface area contributed by atoms with Crippen molar-refractivity contribution in [3.8, 4) is 0 Å². The van der Waals surface area contributed by atoms with Crippen LogP contribution < -0.4 is 0 Å². The molecule has 4 heteroatoms. The zero-order valence-electron chi connectivity index (χ0n) is 1.73. The van der Waals surface area contributed by atoms with Crippen LogP contribution in [0.1, 0.15) is 0 Å². The normalized spacial score (nSPS) is 0. The number of hydrogen-bond acceptors (Lipinski definition) is 0. The molecule has 0 aromatic rings. The van der Waals surface area contributed by atoms with Crippen molar-refractivity contribution in [3.05, 3.63) is 0 Å². The fourth-order valence-corrected chi connectivity index (χ4v) is 0. The van der Waals surface area contributed by atoms with E-state index in [1.165, 1.54) is 0 Å². The van der Waals surface area contributed by atoms with Gasteiger partial charge in [-0.1, -0.05) is 0 Å². The third kappa shape index (κ3) is 9.47. The summed E-state index contributed by atoms with van der Waals surface area (Å²) in [5.41, 5.74) is 0. The van der Waals surface area contributed by atoms with Gasteiger partial charge < -0.3 is 0 Å². The average Bonchev–Trinajstić information content (AvgIpc) is 0. The van der Waals surface area contributed by atoms with Gasteiger partial charge in [0.1, 0.15) is 0 Å². The SMILES string of the molecule is [B].[Ir].[Pt].[Si]. The van der Waals surface area contributed by atoms with Gasteiger partial charge in [-0.25, -0.2) is 0 Å². The van der Waals surface area contributed by atoms with Crippen molar-refractivity contribution >= 4 is 19.4 Å². The van der Waals surface area contributed by atoms with Crippen LogP contribution in [0, 0.1) is 0 Å². The second kappa shape index (κ2) is 23.1. The van der Waals surface area contributed by atoms with Gasteiger partial charge in [0.25, 0.3) is 0 Å². The second-order valence-corrected chi connectivity index (χ2v) is 0. The molecule has 0 saturated carbocycles. The standard InChI is InChI=1S/B.Ir.Pt.Si. The fraction of sp³-hybridized carbons (Fsp3) is 0. The van der Waals surface area contributed by atoms with Crippen molar-refractivity contribution in [1.82, 2.24) is 0 Å². The molecule has 0 unspecified atom stereocenters. The van der Waals surface area contributed by atoms with Gasteiger partial charge >= 0.3 is 0 Å². The molecule has 0 rings (SSSR count). The molecule has 0 bridgehead atoms. The van der Waals surface area contributed by atoms with Crippen LogP contribution >= 0.6 is 0 Å². The summed E-state index contributed by atoms with van der Waals surface area (Å²) in [6.45, 7) is 0. The maximum absolute atomic E-state index is 0. The third-order valence-electron chi connectivity index (χ3n) is 0. The van der Waals surface area contributed by atoms with E-state index < -0.39 is 0 Å². The molecule has 0 N–H and O–H groups in total. The predicted octanol–water partition coefficient (Wildman–Crippen LogP) is -0.767. The second-order valence-electron chi connectivity index (χ2n) is 0. The first-order valence-corrected chi connectivity index (χ1v) is 0. The first-order chi connectivity index (χ1) is 0. The largest absolute Gasteiger partial charge is 0 e. The van der Waals surface area contributed by atoms with Gasteiger partial charge in [0.05, 0.1) is 0 Å². The number of rotatable bonds is 0. The van der Waals surface area contributed by atoms with Crippen molar-refractivity contribution in [2.75, 3.05) is 0 Å². The molecule has 0 aromatic heterocycles. The van der Waals surface area contributed by atoms with Crippen LogP contribution in [0.3, 0.4) is 0 Å². The van der Waals surface area contributed by atoms with E-state index in [0.717, 1.165) is 0 Å². The quantitative estimate of drug-likeness (QED) is 0.447. The Bertz CT molecular complexity index is 8.00. The molecule has 26 valence electrons. The minimum absolute atomic E-state index is 0. The summed E-state index contributed by atoms with van der Waals surface area (Å²) in [6.07, 6.45) is 0. The molecule has 0 atom stereocenters. The topological polar surface area (TPSA) is 0 Å². The first-order valence-electron chi connectivity index (χ1n) is 0. The van der Waals surface area contributed by atoms with Crippen molar-refractivity contribution in [2.24, 2.45) is 0 Å². The van der Waals surface area contributed by atoms with Crippen LogP contribution in [0.5, 0.6) is 0 Å². The fourth-order valence-electron chi connectivity index (χ4n) is 0. The smallest absolute Gasteiger partial charge is 0 e. The Morgan fingerprint density at radius 2 is 1.00 bits per heavy atom. The molecule has 0 aliphatic heterocycles. The van der Waals surface area contributed by atoms with Gasteiger partial charge in [0.2, 0.25) is 0 Å². The Kier molecular flexibility index (Phi) is 264. The molecule has 0 aliphatic rings. The van der Waals surface area contributed by atoms with Gasteiger partial charge in [0, 0.05) is 60.5 Å². The number of hydrogen-bond donors (Lipinski definition) is 0. The summed E-state index contributed by atoms with van der Waals surface area (Å²) in [6, 6.07) is 0. The molecule has 4 heavy (non-hydrogen) atoms. The van der Waals surface area contributed by atoms with E-state index in [0.29, 0.717) is 0 Å². The van der Waals surface area contributed by atoms with Gasteiger partial charge in [0.15, 0.2) is 0 Å². The zero-order chi connectivity index (χ0) is 0. The van der Waals surface area contributed by atoms with Crippen LogP contribution in [0.25, 0.3) is 0 Å². The monoisotopic (exact) mass is 427 g/mol. The summed E-state index contributed by atoms with van der Waals surface area (Å²) >= 11 is 0. The van der Waals surface area contributed by atoms with Gasteiger partial charge in [-0.05, 0) is 0 Å². The molecule has 0 spiro atoms. The maximum atomic E-state index is 0. The van der Waals surface area contributed by atoms with E-state index in [9.17, 15) is 0 Å². The van der Waals surface area contributed by atoms with Crippen LogP contribution in [-0.2, 0) is 41.2 Å². The molecule has 0 fully saturated rings. The Hall–Kier alpha value is 1.62. The van der Waals surface area contributed by atoms with Crippen molar-refractivity contribution in [1.29, 1.82) is 0 Å². The first kappa shape index (κ1) is 45.7. The summed E-state index contributed by atoms with van der Waals surface area (Å²) < 4.78 is 0. The Morgan fingerprint density at radius 3 is 1.00 bits per heavy atom. The minimum atomic E-state index is 0. The molecule has 8 radical (unpaired) electrons. The van der Waals surface area contributed by atoms with E-state index in [2.05, 4.69) is 0 Å². The third-order valence-corrected chi connectivity index (χ3v) is 0. The molecule has 0 aromatic carbocycles. The van der Waals surface area contributed by atoms with Gasteiger partial charge in [-0.2, -0.15) is 0 Å². The van der Waals surface area contributed by atoms with Crippen molar-refractivity contribution < 1.29 is 41.2 Å². The van der Waals surface area contributed by atoms with E-state index >= 15 is 0 Å². The zero-order valence-corrected chi connectivity index (χ0v) is 7.39. The molecular weight excluding hydrogens is 426 g/mol. The summed E-state index contributed by atoms with van der Waals surface area (Å²) in [5.74, 6) is 0.